The largest absolute Gasteiger partial charge is 0.497 e. The number of rotatable bonds is 6. The number of ether oxygens (including phenoxy) is 2. The van der Waals surface area contributed by atoms with Crippen molar-refractivity contribution in [3.8, 4) is 34.0 Å². The number of amides is 1. The van der Waals surface area contributed by atoms with Gasteiger partial charge < -0.3 is 14.8 Å². The lowest BCUT2D eigenvalue weighted by atomic mass is 10.1. The molecule has 0 radical (unpaired) electrons. The van der Waals surface area contributed by atoms with E-state index in [1.165, 1.54) is 0 Å². The van der Waals surface area contributed by atoms with Crippen LogP contribution in [0.2, 0.25) is 0 Å². The van der Waals surface area contributed by atoms with Gasteiger partial charge in [-0.2, -0.15) is 0 Å². The Balaban J connectivity index is 1.97. The molecular weight excluding hydrogens is 364 g/mol. The van der Waals surface area contributed by atoms with Gasteiger partial charge >= 0.3 is 0 Å². The molecule has 1 heterocycles. The van der Waals surface area contributed by atoms with Crippen LogP contribution in [0, 0.1) is 0 Å². The van der Waals surface area contributed by atoms with E-state index in [2.05, 4.69) is 5.32 Å². The number of anilines is 1. The summed E-state index contributed by atoms with van der Waals surface area (Å²) in [7, 11) is 3.26. The van der Waals surface area contributed by atoms with Gasteiger partial charge in [0.25, 0.3) is 5.91 Å². The van der Waals surface area contributed by atoms with Crippen LogP contribution in [0.4, 0.5) is 5.69 Å². The number of carbonyl (C=O) groups excluding carboxylic acids is 1. The third-order valence-electron chi connectivity index (χ3n) is 4.64. The van der Waals surface area contributed by atoms with Crippen LogP contribution in [0.15, 0.2) is 72.3 Å². The molecule has 0 aliphatic carbocycles. The summed E-state index contributed by atoms with van der Waals surface area (Å²) in [6.45, 7) is 3.62. The molecule has 0 unspecified atom stereocenters. The van der Waals surface area contributed by atoms with Crippen molar-refractivity contribution in [2.45, 2.75) is 13.8 Å². The summed E-state index contributed by atoms with van der Waals surface area (Å²) in [5.74, 6) is 1.34. The number of benzene rings is 2. The minimum absolute atomic E-state index is 0.118. The van der Waals surface area contributed by atoms with Gasteiger partial charge in [-0.15, -0.1) is 0 Å². The first kappa shape index (κ1) is 20.1. The van der Waals surface area contributed by atoms with Crippen LogP contribution in [-0.4, -0.2) is 25.1 Å². The molecule has 1 amide bonds. The highest BCUT2D eigenvalue weighted by molar-refractivity contribution is 6.03. The number of hydrogen-bond donors (Lipinski definition) is 1. The van der Waals surface area contributed by atoms with Crippen molar-refractivity contribution in [1.82, 2.24) is 4.98 Å². The van der Waals surface area contributed by atoms with Crippen molar-refractivity contribution in [2.24, 2.45) is 0 Å². The van der Waals surface area contributed by atoms with Crippen molar-refractivity contribution in [2.75, 3.05) is 19.5 Å². The highest BCUT2D eigenvalue weighted by Gasteiger charge is 2.11. The van der Waals surface area contributed by atoms with Gasteiger partial charge in [0.1, 0.15) is 11.5 Å². The number of carbonyl (C=O) groups is 1. The molecule has 0 aliphatic rings. The van der Waals surface area contributed by atoms with Crippen LogP contribution >= 0.6 is 0 Å². The SMILES string of the molecule is C/C=C(\C)C(=O)Nc1cccc(-c2cccc(-c3cc(OC)ccc3OC)n2)c1. The second-order valence-corrected chi connectivity index (χ2v) is 6.48. The summed E-state index contributed by atoms with van der Waals surface area (Å²) < 4.78 is 10.8. The Kier molecular flexibility index (Phi) is 6.29. The van der Waals surface area contributed by atoms with Crippen LogP contribution < -0.4 is 14.8 Å². The molecule has 5 nitrogen and oxygen atoms in total. The summed E-state index contributed by atoms with van der Waals surface area (Å²) in [5, 5.41) is 2.91. The Hall–Kier alpha value is -3.60. The number of nitrogens with one attached hydrogen (secondary N) is 1. The molecule has 3 aromatic rings. The molecule has 0 atom stereocenters. The topological polar surface area (TPSA) is 60.5 Å². The highest BCUT2D eigenvalue weighted by Crippen LogP contribution is 2.33. The van der Waals surface area contributed by atoms with Crippen molar-refractivity contribution >= 4 is 11.6 Å². The van der Waals surface area contributed by atoms with E-state index in [0.717, 1.165) is 39.7 Å². The Morgan fingerprint density at radius 1 is 0.966 bits per heavy atom. The maximum Gasteiger partial charge on any atom is 0.250 e. The number of pyridine rings is 1. The lowest BCUT2D eigenvalue weighted by Crippen LogP contribution is -2.12. The summed E-state index contributed by atoms with van der Waals surface area (Å²) in [6.07, 6.45) is 1.78. The van der Waals surface area contributed by atoms with Crippen LogP contribution in [0.3, 0.4) is 0 Å². The smallest absolute Gasteiger partial charge is 0.250 e. The van der Waals surface area contributed by atoms with Gasteiger partial charge in [0, 0.05) is 22.4 Å². The maximum atomic E-state index is 12.1. The Morgan fingerprint density at radius 3 is 2.45 bits per heavy atom. The van der Waals surface area contributed by atoms with Gasteiger partial charge in [0.2, 0.25) is 0 Å². The molecule has 0 aliphatic heterocycles. The fourth-order valence-electron chi connectivity index (χ4n) is 2.88. The summed E-state index contributed by atoms with van der Waals surface area (Å²) >= 11 is 0. The number of nitrogens with zero attached hydrogens (tertiary/aromatic N) is 1. The molecule has 0 spiro atoms. The lowest BCUT2D eigenvalue weighted by Gasteiger charge is -2.12. The highest BCUT2D eigenvalue weighted by atomic mass is 16.5. The van der Waals surface area contributed by atoms with Crippen molar-refractivity contribution in [3.63, 3.8) is 0 Å². The van der Waals surface area contributed by atoms with Gasteiger partial charge in [0.15, 0.2) is 0 Å². The molecule has 0 saturated carbocycles. The molecular formula is C24H24N2O3. The minimum atomic E-state index is -0.118. The molecule has 0 saturated heterocycles. The van der Waals surface area contributed by atoms with E-state index in [9.17, 15) is 4.79 Å². The predicted molar refractivity (Wildman–Crippen MR) is 116 cm³/mol. The molecule has 0 bridgehead atoms. The van der Waals surface area contributed by atoms with Crippen LogP contribution in [-0.2, 0) is 4.79 Å². The van der Waals surface area contributed by atoms with Crippen molar-refractivity contribution in [1.29, 1.82) is 0 Å². The van der Waals surface area contributed by atoms with Crippen molar-refractivity contribution in [3.05, 3.63) is 72.3 Å². The minimum Gasteiger partial charge on any atom is -0.497 e. The summed E-state index contributed by atoms with van der Waals surface area (Å²) in [4.78, 5) is 16.9. The Morgan fingerprint density at radius 2 is 1.72 bits per heavy atom. The third-order valence-corrected chi connectivity index (χ3v) is 4.64. The first-order chi connectivity index (χ1) is 14.0. The molecule has 5 heteroatoms. The first-order valence-corrected chi connectivity index (χ1v) is 9.30. The van der Waals surface area contributed by atoms with E-state index >= 15 is 0 Å². The lowest BCUT2D eigenvalue weighted by molar-refractivity contribution is -0.112. The quantitative estimate of drug-likeness (QED) is 0.579. The van der Waals surface area contributed by atoms with E-state index in [1.54, 1.807) is 27.2 Å². The normalized spacial score (nSPS) is 11.1. The van der Waals surface area contributed by atoms with E-state index in [4.69, 9.17) is 14.5 Å². The van der Waals surface area contributed by atoms with E-state index in [-0.39, 0.29) is 5.91 Å². The number of aromatic nitrogens is 1. The molecule has 1 N–H and O–H groups in total. The fourth-order valence-corrected chi connectivity index (χ4v) is 2.88. The maximum absolute atomic E-state index is 12.1. The van der Waals surface area contributed by atoms with Gasteiger partial charge in [-0.3, -0.25) is 4.79 Å². The van der Waals surface area contributed by atoms with Crippen molar-refractivity contribution < 1.29 is 14.3 Å². The molecule has 29 heavy (non-hydrogen) atoms. The van der Waals surface area contributed by atoms with Crippen LogP contribution in [0.25, 0.3) is 22.5 Å². The number of allylic oxidation sites excluding steroid dienone is 1. The van der Waals surface area contributed by atoms with Crippen LogP contribution in [0.5, 0.6) is 11.5 Å². The molecule has 2 aromatic carbocycles. The van der Waals surface area contributed by atoms with E-state index in [1.807, 2.05) is 67.6 Å². The van der Waals surface area contributed by atoms with E-state index in [0.29, 0.717) is 5.57 Å². The first-order valence-electron chi connectivity index (χ1n) is 9.30. The fraction of sp³-hybridized carbons (Fsp3) is 0.167. The molecule has 148 valence electrons. The molecule has 1 aromatic heterocycles. The average molecular weight is 388 g/mol. The second kappa shape index (κ2) is 9.06. The molecule has 0 fully saturated rings. The third kappa shape index (κ3) is 4.63. The zero-order valence-corrected chi connectivity index (χ0v) is 17.0. The van der Waals surface area contributed by atoms with E-state index < -0.39 is 0 Å². The number of methoxy groups -OCH3 is 2. The van der Waals surface area contributed by atoms with Crippen LogP contribution in [0.1, 0.15) is 13.8 Å². The Bertz CT molecular complexity index is 1060. The molecule has 3 rings (SSSR count). The van der Waals surface area contributed by atoms with Gasteiger partial charge in [-0.1, -0.05) is 24.3 Å². The summed E-state index contributed by atoms with van der Waals surface area (Å²) in [6, 6.07) is 19.1. The predicted octanol–water partition coefficient (Wildman–Crippen LogP) is 5.34. The zero-order chi connectivity index (χ0) is 20.8. The van der Waals surface area contributed by atoms with Gasteiger partial charge in [-0.25, -0.2) is 4.98 Å². The van der Waals surface area contributed by atoms with Gasteiger partial charge in [0.05, 0.1) is 25.6 Å². The second-order valence-electron chi connectivity index (χ2n) is 6.48. The van der Waals surface area contributed by atoms with Gasteiger partial charge in [-0.05, 0) is 56.3 Å². The Labute approximate surface area is 171 Å². The zero-order valence-electron chi connectivity index (χ0n) is 17.0. The monoisotopic (exact) mass is 388 g/mol. The standard InChI is InChI=1S/C24H24N2O3/c1-5-16(2)24(27)25-18-9-6-8-17(14-18)21-10-7-11-22(26-21)20-15-19(28-3)12-13-23(20)29-4/h5-15H,1-4H3,(H,25,27)/b16-5+. The summed E-state index contributed by atoms with van der Waals surface area (Å²) in [5.41, 5.74) is 4.72. The average Bonchev–Trinajstić information content (AvgIpc) is 2.78. The number of hydrogen-bond acceptors (Lipinski definition) is 4.